The summed E-state index contributed by atoms with van der Waals surface area (Å²) in [6.45, 7) is 5.51. The first-order valence-electron chi connectivity index (χ1n) is 15.9. The number of hydrogen-bond donors (Lipinski definition) is 2. The molecule has 5 rings (SSSR count). The molecule has 46 heavy (non-hydrogen) atoms. The van der Waals surface area contributed by atoms with Crippen LogP contribution in [0.4, 0.5) is 0 Å². The van der Waals surface area contributed by atoms with E-state index in [9.17, 15) is 24.3 Å². The Kier molecular flexibility index (Phi) is 10.2. The summed E-state index contributed by atoms with van der Waals surface area (Å²) in [5, 5.41) is 19.0. The van der Waals surface area contributed by atoms with Crippen molar-refractivity contribution in [3.8, 4) is 0 Å². The number of aliphatic carboxylic acids is 1. The van der Waals surface area contributed by atoms with Gasteiger partial charge in [-0.1, -0.05) is 92.2 Å². The van der Waals surface area contributed by atoms with Crippen LogP contribution in [0.25, 0.3) is 10.8 Å². The van der Waals surface area contributed by atoms with Crippen LogP contribution < -0.4 is 5.32 Å². The van der Waals surface area contributed by atoms with E-state index in [1.54, 1.807) is 30.3 Å². The van der Waals surface area contributed by atoms with Gasteiger partial charge in [-0.3, -0.25) is 24.1 Å². The minimum absolute atomic E-state index is 0.0129. The van der Waals surface area contributed by atoms with Crippen LogP contribution >= 0.6 is 0 Å². The second-order valence-electron chi connectivity index (χ2n) is 12.6. The molecule has 242 valence electrons. The van der Waals surface area contributed by atoms with Crippen LogP contribution in [0.1, 0.15) is 61.9 Å². The number of nitrogens with one attached hydrogen (secondary N) is 1. The van der Waals surface area contributed by atoms with Crippen molar-refractivity contribution in [1.29, 1.82) is 0 Å². The number of carbonyl (C=O) groups excluding carboxylic acids is 3. The summed E-state index contributed by atoms with van der Waals surface area (Å²) in [6, 6.07) is 20.4. The fraction of sp³-hybridized carbons (Fsp3) is 0.417. The normalized spacial score (nSPS) is 19.6. The fourth-order valence-corrected chi connectivity index (χ4v) is 6.50. The summed E-state index contributed by atoms with van der Waals surface area (Å²) in [5.74, 6) is -2.45. The van der Waals surface area contributed by atoms with Crippen molar-refractivity contribution >= 4 is 40.1 Å². The largest absolute Gasteiger partial charge is 0.481 e. The highest BCUT2D eigenvalue weighted by atomic mass is 16.7. The molecule has 1 saturated heterocycles. The van der Waals surface area contributed by atoms with Gasteiger partial charge in [0.2, 0.25) is 5.60 Å². The first-order chi connectivity index (χ1) is 22.1. The number of likely N-dealkylation sites (N-methyl/N-ethyl adjacent to an activating group) is 1. The molecule has 2 aliphatic heterocycles. The SMILES string of the molecule is CC(C)[C@H](NC(=O)c1cccc2ccccc12)C1=NOC(C(=O)N(C)[C@@H](CC(=O)O)C(=O)CN2CCCCC2)(c2ccccc2)C1. The number of nitrogens with zero attached hydrogens (tertiary/aromatic N) is 3. The maximum Gasteiger partial charge on any atom is 0.305 e. The van der Waals surface area contributed by atoms with Crippen molar-refractivity contribution < 1.29 is 29.1 Å². The van der Waals surface area contributed by atoms with Crippen molar-refractivity contribution in [2.45, 2.75) is 63.6 Å². The Morgan fingerprint density at radius 3 is 2.33 bits per heavy atom. The number of rotatable bonds is 12. The molecular formula is C36H42N4O6. The Bertz CT molecular complexity index is 1610. The third-order valence-electron chi connectivity index (χ3n) is 9.04. The molecule has 10 heteroatoms. The Balaban J connectivity index is 1.42. The third-order valence-corrected chi connectivity index (χ3v) is 9.04. The highest BCUT2D eigenvalue weighted by Crippen LogP contribution is 2.39. The van der Waals surface area contributed by atoms with Crippen LogP contribution in [0.15, 0.2) is 78.0 Å². The molecule has 0 bridgehead atoms. The number of ketones is 1. The van der Waals surface area contributed by atoms with Gasteiger partial charge >= 0.3 is 5.97 Å². The van der Waals surface area contributed by atoms with Crippen LogP contribution in [0.2, 0.25) is 0 Å². The van der Waals surface area contributed by atoms with Crippen molar-refractivity contribution in [3.63, 3.8) is 0 Å². The molecule has 3 aromatic rings. The van der Waals surface area contributed by atoms with E-state index in [0.29, 0.717) is 16.8 Å². The van der Waals surface area contributed by atoms with E-state index in [1.807, 2.05) is 61.2 Å². The molecule has 0 saturated carbocycles. The lowest BCUT2D eigenvalue weighted by Gasteiger charge is -2.35. The van der Waals surface area contributed by atoms with Crippen molar-refractivity contribution in [1.82, 2.24) is 15.1 Å². The number of amides is 2. The predicted molar refractivity (Wildman–Crippen MR) is 175 cm³/mol. The van der Waals surface area contributed by atoms with E-state index >= 15 is 0 Å². The summed E-state index contributed by atoms with van der Waals surface area (Å²) in [7, 11) is 1.46. The van der Waals surface area contributed by atoms with Gasteiger partial charge in [-0.25, -0.2) is 0 Å². The fourth-order valence-electron chi connectivity index (χ4n) is 6.50. The Morgan fingerprint density at radius 2 is 1.63 bits per heavy atom. The highest BCUT2D eigenvalue weighted by Gasteiger charge is 2.53. The Morgan fingerprint density at radius 1 is 0.957 bits per heavy atom. The van der Waals surface area contributed by atoms with Gasteiger partial charge in [0, 0.05) is 24.6 Å². The molecule has 1 fully saturated rings. The molecule has 0 radical (unpaired) electrons. The summed E-state index contributed by atoms with van der Waals surface area (Å²) in [4.78, 5) is 62.9. The molecule has 0 aliphatic carbocycles. The second-order valence-corrected chi connectivity index (χ2v) is 12.6. The summed E-state index contributed by atoms with van der Waals surface area (Å²) in [6.07, 6.45) is 2.54. The molecule has 0 aromatic heterocycles. The van der Waals surface area contributed by atoms with Gasteiger partial charge < -0.3 is 20.2 Å². The number of fused-ring (bicyclic) bond motifs is 1. The van der Waals surface area contributed by atoms with Gasteiger partial charge in [-0.2, -0.15) is 0 Å². The number of likely N-dealkylation sites (tertiary alicyclic amines) is 1. The number of carboxylic acids is 1. The molecule has 1 unspecified atom stereocenters. The van der Waals surface area contributed by atoms with Crippen molar-refractivity contribution in [2.24, 2.45) is 11.1 Å². The molecule has 2 N–H and O–H groups in total. The molecule has 3 atom stereocenters. The zero-order valence-corrected chi connectivity index (χ0v) is 26.6. The highest BCUT2D eigenvalue weighted by molar-refractivity contribution is 6.09. The molecule has 2 aliphatic rings. The Labute approximate surface area is 269 Å². The molecule has 0 spiro atoms. The van der Waals surface area contributed by atoms with E-state index in [4.69, 9.17) is 4.84 Å². The maximum atomic E-state index is 14.5. The van der Waals surface area contributed by atoms with E-state index in [0.717, 1.165) is 43.1 Å². The van der Waals surface area contributed by atoms with E-state index < -0.39 is 36.0 Å². The number of oxime groups is 1. The monoisotopic (exact) mass is 626 g/mol. The topological polar surface area (TPSA) is 129 Å². The molecule has 2 heterocycles. The van der Waals surface area contributed by atoms with Crippen LogP contribution in [0, 0.1) is 5.92 Å². The average Bonchev–Trinajstić information content (AvgIpc) is 3.52. The minimum Gasteiger partial charge on any atom is -0.481 e. The summed E-state index contributed by atoms with van der Waals surface area (Å²) in [5.41, 5.74) is -0.128. The standard InChI is InChI=1S/C36H42N4O6/c1-24(2)33(37-34(44)28-18-12-14-25-13-8-9-17-27(25)28)29-22-36(46-38-29,26-15-6-4-7-16-26)35(45)39(3)30(21-32(42)43)31(41)23-40-19-10-5-11-20-40/h4,6-9,12-18,24,30,33H,5,10-11,19-23H2,1-3H3,(H,37,44)(H,42,43)/t30-,33-,36?/m0/s1. The lowest BCUT2D eigenvalue weighted by Crippen LogP contribution is -2.54. The molecule has 10 nitrogen and oxygen atoms in total. The van der Waals surface area contributed by atoms with Crippen LogP contribution in [0.3, 0.4) is 0 Å². The zero-order chi connectivity index (χ0) is 32.8. The Hall–Kier alpha value is -4.57. The molecular weight excluding hydrogens is 584 g/mol. The van der Waals surface area contributed by atoms with Gasteiger partial charge in [0.25, 0.3) is 11.8 Å². The van der Waals surface area contributed by atoms with Gasteiger partial charge in [-0.15, -0.1) is 0 Å². The van der Waals surface area contributed by atoms with E-state index in [-0.39, 0.29) is 30.6 Å². The maximum absolute atomic E-state index is 14.5. The number of Topliss-reactive ketones (excluding diaryl/α,β-unsaturated/α-hetero) is 1. The minimum atomic E-state index is -1.65. The number of hydrogen-bond acceptors (Lipinski definition) is 7. The number of piperidine rings is 1. The van der Waals surface area contributed by atoms with Crippen LogP contribution in [0.5, 0.6) is 0 Å². The molecule has 3 aromatic carbocycles. The average molecular weight is 627 g/mol. The van der Waals surface area contributed by atoms with Gasteiger partial charge in [-0.05, 0) is 48.7 Å². The smallest absolute Gasteiger partial charge is 0.305 e. The summed E-state index contributed by atoms with van der Waals surface area (Å²) < 4.78 is 0. The van der Waals surface area contributed by atoms with Crippen molar-refractivity contribution in [2.75, 3.05) is 26.7 Å². The van der Waals surface area contributed by atoms with Crippen LogP contribution in [-0.4, -0.2) is 83.0 Å². The van der Waals surface area contributed by atoms with Gasteiger partial charge in [0.15, 0.2) is 5.78 Å². The zero-order valence-electron chi connectivity index (χ0n) is 26.6. The lowest BCUT2D eigenvalue weighted by atomic mass is 9.83. The lowest BCUT2D eigenvalue weighted by molar-refractivity contribution is -0.161. The van der Waals surface area contributed by atoms with E-state index in [1.165, 1.54) is 11.9 Å². The number of benzene rings is 3. The van der Waals surface area contributed by atoms with Gasteiger partial charge in [0.1, 0.15) is 6.04 Å². The van der Waals surface area contributed by atoms with E-state index in [2.05, 4.69) is 10.5 Å². The molecule has 2 amide bonds. The summed E-state index contributed by atoms with van der Waals surface area (Å²) >= 11 is 0. The quantitative estimate of drug-likeness (QED) is 0.300. The van der Waals surface area contributed by atoms with Crippen molar-refractivity contribution in [3.05, 3.63) is 83.9 Å². The predicted octanol–water partition coefficient (Wildman–Crippen LogP) is 4.62. The van der Waals surface area contributed by atoms with Crippen LogP contribution in [-0.2, 0) is 24.8 Å². The third kappa shape index (κ3) is 6.97. The first-order valence-corrected chi connectivity index (χ1v) is 15.9. The second kappa shape index (κ2) is 14.2. The number of carboxylic acid groups (broad SMARTS) is 1. The first kappa shape index (κ1) is 32.8. The number of carbonyl (C=O) groups is 4. The van der Waals surface area contributed by atoms with Gasteiger partial charge in [0.05, 0.1) is 24.7 Å².